The number of hydrogen-bond donors (Lipinski definition) is 2. The largest absolute Gasteiger partial charge is 0.497 e. The third-order valence-corrected chi connectivity index (χ3v) is 10.2. The lowest BCUT2D eigenvalue weighted by molar-refractivity contribution is -0.376. The number of carbonyl (C=O) groups excluding carboxylic acids is 2. The number of methoxy groups -OCH3 is 1. The molecule has 2 heterocycles. The second-order valence-electron chi connectivity index (χ2n) is 11.4. The van der Waals surface area contributed by atoms with Crippen LogP contribution in [-0.4, -0.2) is 63.4 Å². The van der Waals surface area contributed by atoms with Gasteiger partial charge in [-0.1, -0.05) is 18.2 Å². The van der Waals surface area contributed by atoms with E-state index in [-0.39, 0.29) is 43.0 Å². The van der Waals surface area contributed by atoms with E-state index in [2.05, 4.69) is 5.32 Å². The molecule has 2 aliphatic rings. The van der Waals surface area contributed by atoms with Crippen LogP contribution in [0, 0.1) is 5.82 Å². The SMILES string of the molecule is COc1cccc(N2CC(NC(=O)C[C@@H]3CCc4cc(C(O)(C(F)(F)F)C(F)(F)F)ccc4N3S(=O)(=O)c3ccc(F)cc3)CC2=O)c1. The molecular formula is C31H28F7N3O6S. The Kier molecular flexibility index (Phi) is 9.15. The molecule has 0 aromatic heterocycles. The highest BCUT2D eigenvalue weighted by Crippen LogP contribution is 2.51. The second kappa shape index (κ2) is 12.6. The maximum absolute atomic E-state index is 13.9. The number of ether oxygens (including phenoxy) is 1. The van der Waals surface area contributed by atoms with Gasteiger partial charge in [0.1, 0.15) is 11.6 Å². The van der Waals surface area contributed by atoms with E-state index in [1.807, 2.05) is 0 Å². The van der Waals surface area contributed by atoms with Crippen LogP contribution in [0.1, 0.15) is 30.4 Å². The van der Waals surface area contributed by atoms with Crippen molar-refractivity contribution in [1.82, 2.24) is 5.32 Å². The molecule has 3 aromatic rings. The van der Waals surface area contributed by atoms with Crippen molar-refractivity contribution < 1.29 is 58.6 Å². The van der Waals surface area contributed by atoms with Crippen LogP contribution in [0.4, 0.5) is 42.1 Å². The van der Waals surface area contributed by atoms with Crippen molar-refractivity contribution in [2.75, 3.05) is 22.9 Å². The summed E-state index contributed by atoms with van der Waals surface area (Å²) in [5, 5.41) is 12.6. The molecule has 17 heteroatoms. The molecule has 0 radical (unpaired) electrons. The Balaban J connectivity index is 1.45. The number of sulfonamides is 1. The molecule has 5 rings (SSSR count). The molecule has 0 bridgehead atoms. The number of aliphatic hydroxyl groups is 1. The first kappa shape index (κ1) is 34.9. The number of carbonyl (C=O) groups is 2. The minimum atomic E-state index is -6.17. The highest BCUT2D eigenvalue weighted by atomic mass is 32.2. The van der Waals surface area contributed by atoms with Gasteiger partial charge in [-0.3, -0.25) is 13.9 Å². The lowest BCUT2D eigenvalue weighted by atomic mass is 9.87. The van der Waals surface area contributed by atoms with Crippen LogP contribution in [0.25, 0.3) is 0 Å². The molecule has 2 aliphatic heterocycles. The van der Waals surface area contributed by atoms with Gasteiger partial charge in [0.2, 0.25) is 11.8 Å². The average molecular weight is 704 g/mol. The van der Waals surface area contributed by atoms with Crippen LogP contribution in [0.5, 0.6) is 5.75 Å². The second-order valence-corrected chi connectivity index (χ2v) is 13.2. The first-order valence-corrected chi connectivity index (χ1v) is 15.8. The lowest BCUT2D eigenvalue weighted by Crippen LogP contribution is -2.54. The number of nitrogens with zero attached hydrogens (tertiary/aromatic N) is 2. The van der Waals surface area contributed by atoms with Crippen LogP contribution in [0.2, 0.25) is 0 Å². The zero-order valence-corrected chi connectivity index (χ0v) is 25.8. The van der Waals surface area contributed by atoms with Crippen molar-refractivity contribution in [3.8, 4) is 5.75 Å². The standard InChI is InChI=1S/C31H28F7N3O6S/c1-47-24-4-2-3-22(15-24)40-17-21(14-28(40)43)39-27(42)16-23-9-5-18-13-19(29(44,30(33,34)35)31(36,37)38)6-12-26(18)41(23)48(45,46)25-10-7-20(32)8-11-25/h2-4,6-8,10-13,15,21,23,44H,5,9,14,16-17H2,1H3,(H,39,42)/t21?,23-/m0/s1. The van der Waals surface area contributed by atoms with Crippen LogP contribution < -0.4 is 19.3 Å². The summed E-state index contributed by atoms with van der Waals surface area (Å²) in [5.74, 6) is -1.25. The summed E-state index contributed by atoms with van der Waals surface area (Å²) < 4.78 is 129. The van der Waals surface area contributed by atoms with E-state index in [9.17, 15) is 53.8 Å². The Morgan fingerprint density at radius 2 is 1.67 bits per heavy atom. The fraction of sp³-hybridized carbons (Fsp3) is 0.355. The normalized spacial score (nSPS) is 18.9. The van der Waals surface area contributed by atoms with E-state index < -0.39 is 68.7 Å². The van der Waals surface area contributed by atoms with E-state index >= 15 is 0 Å². The molecule has 3 aromatic carbocycles. The van der Waals surface area contributed by atoms with E-state index in [1.54, 1.807) is 24.3 Å². The average Bonchev–Trinajstić information content (AvgIpc) is 3.38. The predicted octanol–water partition coefficient (Wildman–Crippen LogP) is 4.97. The molecule has 0 spiro atoms. The van der Waals surface area contributed by atoms with Gasteiger partial charge in [-0.25, -0.2) is 12.8 Å². The Morgan fingerprint density at radius 1 is 1.00 bits per heavy atom. The quantitative estimate of drug-likeness (QED) is 0.321. The molecule has 0 saturated carbocycles. The molecule has 2 atom stereocenters. The fourth-order valence-corrected chi connectivity index (χ4v) is 7.63. The van der Waals surface area contributed by atoms with Crippen molar-refractivity contribution >= 4 is 33.2 Å². The molecular weight excluding hydrogens is 675 g/mol. The number of nitrogens with one attached hydrogen (secondary N) is 1. The van der Waals surface area contributed by atoms with E-state index in [0.29, 0.717) is 33.9 Å². The number of amides is 2. The van der Waals surface area contributed by atoms with Gasteiger partial charge >= 0.3 is 12.4 Å². The van der Waals surface area contributed by atoms with Crippen LogP contribution in [0.15, 0.2) is 71.6 Å². The summed E-state index contributed by atoms with van der Waals surface area (Å²) in [7, 11) is -3.21. The number of rotatable bonds is 8. The van der Waals surface area contributed by atoms with Gasteiger partial charge in [0.25, 0.3) is 15.6 Å². The fourth-order valence-electron chi connectivity index (χ4n) is 5.91. The summed E-state index contributed by atoms with van der Waals surface area (Å²) in [6, 6.07) is 9.85. The molecule has 1 fully saturated rings. The first-order valence-electron chi connectivity index (χ1n) is 14.4. The highest BCUT2D eigenvalue weighted by Gasteiger charge is 2.71. The van der Waals surface area contributed by atoms with Crippen LogP contribution in [0.3, 0.4) is 0 Å². The summed E-state index contributed by atoms with van der Waals surface area (Å²) in [6.07, 6.45) is -13.4. The van der Waals surface area contributed by atoms with Gasteiger partial charge in [0.15, 0.2) is 0 Å². The molecule has 0 aliphatic carbocycles. The van der Waals surface area contributed by atoms with Gasteiger partial charge in [-0.05, 0) is 60.9 Å². The Morgan fingerprint density at radius 3 is 2.29 bits per heavy atom. The minimum absolute atomic E-state index is 0.0713. The summed E-state index contributed by atoms with van der Waals surface area (Å²) in [6.45, 7) is 0.0902. The number of aryl methyl sites for hydroxylation is 1. The Bertz CT molecular complexity index is 1800. The molecule has 1 unspecified atom stereocenters. The lowest BCUT2D eigenvalue weighted by Gasteiger charge is -2.39. The number of halogens is 7. The number of fused-ring (bicyclic) bond motifs is 1. The predicted molar refractivity (Wildman–Crippen MR) is 157 cm³/mol. The van der Waals surface area contributed by atoms with Gasteiger partial charge in [0, 0.05) is 36.7 Å². The van der Waals surface area contributed by atoms with Gasteiger partial charge in [-0.2, -0.15) is 26.3 Å². The molecule has 258 valence electrons. The highest BCUT2D eigenvalue weighted by molar-refractivity contribution is 7.92. The van der Waals surface area contributed by atoms with Crippen molar-refractivity contribution in [2.45, 2.75) is 60.6 Å². The van der Waals surface area contributed by atoms with Crippen LogP contribution in [-0.2, 0) is 31.6 Å². The van der Waals surface area contributed by atoms with Crippen molar-refractivity contribution in [3.05, 3.63) is 83.7 Å². The molecule has 2 amide bonds. The van der Waals surface area contributed by atoms with Crippen molar-refractivity contribution in [3.63, 3.8) is 0 Å². The van der Waals surface area contributed by atoms with Gasteiger partial charge in [0.05, 0.1) is 29.8 Å². The number of benzene rings is 3. The molecule has 48 heavy (non-hydrogen) atoms. The van der Waals surface area contributed by atoms with Crippen LogP contribution >= 0.6 is 0 Å². The summed E-state index contributed by atoms with van der Waals surface area (Å²) in [5.41, 5.74) is -6.87. The number of hydrogen-bond acceptors (Lipinski definition) is 6. The topological polar surface area (TPSA) is 116 Å². The third kappa shape index (κ3) is 6.40. The maximum atomic E-state index is 13.9. The van der Waals surface area contributed by atoms with Gasteiger partial charge < -0.3 is 20.1 Å². The zero-order chi connectivity index (χ0) is 35.2. The Hall–Kier alpha value is -4.38. The van der Waals surface area contributed by atoms with Crippen molar-refractivity contribution in [1.29, 1.82) is 0 Å². The van der Waals surface area contributed by atoms with Crippen molar-refractivity contribution in [2.24, 2.45) is 0 Å². The Labute approximate surface area is 269 Å². The number of anilines is 2. The summed E-state index contributed by atoms with van der Waals surface area (Å²) >= 11 is 0. The zero-order valence-electron chi connectivity index (χ0n) is 25.0. The monoisotopic (exact) mass is 703 g/mol. The third-order valence-electron chi connectivity index (χ3n) is 8.28. The smallest absolute Gasteiger partial charge is 0.430 e. The maximum Gasteiger partial charge on any atom is 0.430 e. The first-order chi connectivity index (χ1) is 22.4. The van der Waals surface area contributed by atoms with E-state index in [1.165, 1.54) is 12.0 Å². The summed E-state index contributed by atoms with van der Waals surface area (Å²) in [4.78, 5) is 27.0. The van der Waals surface area contributed by atoms with E-state index in [4.69, 9.17) is 4.74 Å². The molecule has 9 nitrogen and oxygen atoms in total. The van der Waals surface area contributed by atoms with Gasteiger partial charge in [-0.15, -0.1) is 0 Å². The molecule has 1 saturated heterocycles. The minimum Gasteiger partial charge on any atom is -0.497 e. The molecule has 2 N–H and O–H groups in total. The number of alkyl halides is 6. The van der Waals surface area contributed by atoms with E-state index in [0.717, 1.165) is 24.3 Å².